The number of alkyl halides is 3. The van der Waals surface area contributed by atoms with Crippen LogP contribution in [0.1, 0.15) is 16.0 Å². The SMILES string of the molecule is COc1cccc(OCC(=O)Nc2ncc(Cc3cc(C(F)(F)F)ccc3Cl)s2)c1. The average Bonchev–Trinajstić information content (AvgIpc) is 3.14. The largest absolute Gasteiger partial charge is 0.497 e. The highest BCUT2D eigenvalue weighted by atomic mass is 35.5. The van der Waals surface area contributed by atoms with E-state index in [1.54, 1.807) is 24.3 Å². The maximum Gasteiger partial charge on any atom is 0.416 e. The molecule has 1 amide bonds. The normalized spacial score (nSPS) is 11.2. The number of aromatic nitrogens is 1. The quantitative estimate of drug-likeness (QED) is 0.515. The molecule has 1 N–H and O–H groups in total. The van der Waals surface area contributed by atoms with Crippen molar-refractivity contribution in [2.24, 2.45) is 0 Å². The van der Waals surface area contributed by atoms with Gasteiger partial charge < -0.3 is 9.47 Å². The van der Waals surface area contributed by atoms with Crippen molar-refractivity contribution in [3.8, 4) is 11.5 Å². The lowest BCUT2D eigenvalue weighted by molar-refractivity contribution is -0.137. The topological polar surface area (TPSA) is 60.5 Å². The first-order chi connectivity index (χ1) is 14.2. The van der Waals surface area contributed by atoms with Gasteiger partial charge in [0, 0.05) is 28.6 Å². The summed E-state index contributed by atoms with van der Waals surface area (Å²) in [6, 6.07) is 10.00. The molecule has 5 nitrogen and oxygen atoms in total. The summed E-state index contributed by atoms with van der Waals surface area (Å²) in [5.41, 5.74) is -0.441. The lowest BCUT2D eigenvalue weighted by Gasteiger charge is -2.09. The summed E-state index contributed by atoms with van der Waals surface area (Å²) < 4.78 is 49.2. The minimum Gasteiger partial charge on any atom is -0.497 e. The molecule has 3 rings (SSSR count). The molecule has 0 aliphatic rings. The van der Waals surface area contributed by atoms with Crippen LogP contribution < -0.4 is 14.8 Å². The van der Waals surface area contributed by atoms with Crippen LogP contribution in [0.25, 0.3) is 0 Å². The minimum absolute atomic E-state index is 0.163. The van der Waals surface area contributed by atoms with Crippen molar-refractivity contribution in [2.75, 3.05) is 19.0 Å². The molecule has 0 fully saturated rings. The van der Waals surface area contributed by atoms with Gasteiger partial charge in [-0.2, -0.15) is 13.2 Å². The molecule has 0 unspecified atom stereocenters. The smallest absolute Gasteiger partial charge is 0.416 e. The first-order valence-electron chi connectivity index (χ1n) is 8.61. The Hall–Kier alpha value is -2.78. The molecule has 3 aromatic rings. The molecule has 0 saturated carbocycles. The number of rotatable bonds is 7. The fourth-order valence-corrected chi connectivity index (χ4v) is 3.55. The maximum absolute atomic E-state index is 12.9. The number of methoxy groups -OCH3 is 1. The lowest BCUT2D eigenvalue weighted by Crippen LogP contribution is -2.19. The Balaban J connectivity index is 1.59. The van der Waals surface area contributed by atoms with Gasteiger partial charge in [-0.25, -0.2) is 4.98 Å². The molecule has 0 aliphatic carbocycles. The number of hydrogen-bond acceptors (Lipinski definition) is 5. The van der Waals surface area contributed by atoms with Gasteiger partial charge in [0.05, 0.1) is 12.7 Å². The fourth-order valence-electron chi connectivity index (χ4n) is 2.52. The highest BCUT2D eigenvalue weighted by molar-refractivity contribution is 7.15. The van der Waals surface area contributed by atoms with Gasteiger partial charge in [0.1, 0.15) is 11.5 Å². The highest BCUT2D eigenvalue weighted by Crippen LogP contribution is 2.33. The minimum atomic E-state index is -4.45. The summed E-state index contributed by atoms with van der Waals surface area (Å²) in [6.45, 7) is -0.235. The van der Waals surface area contributed by atoms with Gasteiger partial charge in [0.25, 0.3) is 5.91 Å². The molecule has 0 aliphatic heterocycles. The zero-order valence-corrected chi connectivity index (χ0v) is 17.2. The Morgan fingerprint density at radius 2 is 1.97 bits per heavy atom. The van der Waals surface area contributed by atoms with Crippen LogP contribution >= 0.6 is 22.9 Å². The predicted octanol–water partition coefficient (Wildman–Crippen LogP) is 5.43. The second-order valence-corrected chi connectivity index (χ2v) is 7.65. The van der Waals surface area contributed by atoms with Crippen molar-refractivity contribution in [2.45, 2.75) is 12.6 Å². The van der Waals surface area contributed by atoms with Crippen molar-refractivity contribution in [3.63, 3.8) is 0 Å². The van der Waals surface area contributed by atoms with Crippen molar-refractivity contribution in [1.29, 1.82) is 0 Å². The van der Waals surface area contributed by atoms with Crippen LogP contribution in [0.2, 0.25) is 5.02 Å². The standard InChI is InChI=1S/C20H16ClF3N2O3S/c1-28-14-3-2-4-15(9-14)29-11-18(27)26-19-25-10-16(30-19)8-12-7-13(20(22,23)24)5-6-17(12)21/h2-7,9-10H,8,11H2,1H3,(H,25,26,27). The number of carbonyl (C=O) groups is 1. The molecular weight excluding hydrogens is 441 g/mol. The predicted molar refractivity (Wildman–Crippen MR) is 108 cm³/mol. The van der Waals surface area contributed by atoms with Crippen molar-refractivity contribution >= 4 is 34.0 Å². The van der Waals surface area contributed by atoms with E-state index in [1.165, 1.54) is 19.4 Å². The number of benzene rings is 2. The third-order valence-corrected chi connectivity index (χ3v) is 5.23. The van der Waals surface area contributed by atoms with E-state index in [0.717, 1.165) is 23.5 Å². The van der Waals surface area contributed by atoms with E-state index < -0.39 is 17.6 Å². The molecule has 1 heterocycles. The average molecular weight is 457 g/mol. The molecule has 0 atom stereocenters. The van der Waals surface area contributed by atoms with E-state index in [9.17, 15) is 18.0 Å². The zero-order valence-electron chi connectivity index (χ0n) is 15.6. The van der Waals surface area contributed by atoms with E-state index in [2.05, 4.69) is 10.3 Å². The number of ether oxygens (including phenoxy) is 2. The summed E-state index contributed by atoms with van der Waals surface area (Å²) in [5, 5.41) is 3.14. The Morgan fingerprint density at radius 3 is 2.70 bits per heavy atom. The van der Waals surface area contributed by atoms with Gasteiger partial charge >= 0.3 is 6.18 Å². The molecule has 0 saturated heterocycles. The number of hydrogen-bond donors (Lipinski definition) is 1. The number of anilines is 1. The Morgan fingerprint density at radius 1 is 1.20 bits per heavy atom. The second-order valence-electron chi connectivity index (χ2n) is 6.13. The maximum atomic E-state index is 12.9. The van der Waals surface area contributed by atoms with E-state index in [1.807, 2.05) is 0 Å². The van der Waals surface area contributed by atoms with Gasteiger partial charge in [-0.3, -0.25) is 10.1 Å². The van der Waals surface area contributed by atoms with Crippen LogP contribution in [-0.2, 0) is 17.4 Å². The van der Waals surface area contributed by atoms with E-state index in [-0.39, 0.29) is 18.1 Å². The molecular formula is C20H16ClF3N2O3S. The van der Waals surface area contributed by atoms with Crippen molar-refractivity contribution in [1.82, 2.24) is 4.98 Å². The number of nitrogens with one attached hydrogen (secondary N) is 1. The third kappa shape index (κ3) is 5.87. The summed E-state index contributed by atoms with van der Waals surface area (Å²) in [7, 11) is 1.53. The van der Waals surface area contributed by atoms with Crippen molar-refractivity contribution in [3.05, 3.63) is 69.7 Å². The Kier molecular flexibility index (Phi) is 6.84. The third-order valence-electron chi connectivity index (χ3n) is 3.95. The molecule has 0 spiro atoms. The Labute approximate surface area is 179 Å². The molecule has 0 bridgehead atoms. The summed E-state index contributed by atoms with van der Waals surface area (Å²) in [4.78, 5) is 16.8. The molecule has 158 valence electrons. The first-order valence-corrected chi connectivity index (χ1v) is 9.81. The lowest BCUT2D eigenvalue weighted by atomic mass is 10.1. The van der Waals surface area contributed by atoms with Gasteiger partial charge in [-0.1, -0.05) is 17.7 Å². The molecule has 30 heavy (non-hydrogen) atoms. The number of nitrogens with zero attached hydrogens (tertiary/aromatic N) is 1. The molecule has 0 radical (unpaired) electrons. The van der Waals surface area contributed by atoms with Crippen LogP contribution in [-0.4, -0.2) is 24.6 Å². The molecule has 1 aromatic heterocycles. The number of carbonyl (C=O) groups excluding carboxylic acids is 1. The van der Waals surface area contributed by atoms with Gasteiger partial charge in [-0.05, 0) is 35.9 Å². The second kappa shape index (κ2) is 9.36. The van der Waals surface area contributed by atoms with Crippen LogP contribution in [0.5, 0.6) is 11.5 Å². The monoisotopic (exact) mass is 456 g/mol. The zero-order chi connectivity index (χ0) is 21.7. The Bertz CT molecular complexity index is 1040. The van der Waals surface area contributed by atoms with Crippen molar-refractivity contribution < 1.29 is 27.4 Å². The molecule has 2 aromatic carbocycles. The van der Waals surface area contributed by atoms with E-state index >= 15 is 0 Å². The number of thiazole rings is 1. The van der Waals surface area contributed by atoms with E-state index in [4.69, 9.17) is 21.1 Å². The summed E-state index contributed by atoms with van der Waals surface area (Å²) in [5.74, 6) is 0.657. The number of amides is 1. The summed E-state index contributed by atoms with van der Waals surface area (Å²) in [6.07, 6.45) is -2.80. The van der Waals surface area contributed by atoms with Gasteiger partial charge in [0.2, 0.25) is 0 Å². The van der Waals surface area contributed by atoms with Crippen LogP contribution in [0.4, 0.5) is 18.3 Å². The highest BCUT2D eigenvalue weighted by Gasteiger charge is 2.30. The number of halogens is 4. The van der Waals surface area contributed by atoms with Gasteiger partial charge in [-0.15, -0.1) is 11.3 Å². The summed E-state index contributed by atoms with van der Waals surface area (Å²) >= 11 is 7.18. The fraction of sp³-hybridized carbons (Fsp3) is 0.200. The van der Waals surface area contributed by atoms with Crippen LogP contribution in [0, 0.1) is 0 Å². The van der Waals surface area contributed by atoms with E-state index in [0.29, 0.717) is 27.1 Å². The van der Waals surface area contributed by atoms with Crippen LogP contribution in [0.3, 0.4) is 0 Å². The molecule has 10 heteroatoms. The van der Waals surface area contributed by atoms with Gasteiger partial charge in [0.15, 0.2) is 11.7 Å². The first kappa shape index (κ1) is 21.9. The van der Waals surface area contributed by atoms with Crippen LogP contribution in [0.15, 0.2) is 48.7 Å².